The molecule has 3 nitrogen and oxygen atoms in total. The van der Waals surface area contributed by atoms with Gasteiger partial charge < -0.3 is 4.42 Å². The molecule has 0 radical (unpaired) electrons. The fraction of sp³-hybridized carbons (Fsp3) is 0.438. The van der Waals surface area contributed by atoms with Gasteiger partial charge in [0, 0.05) is 12.0 Å². The van der Waals surface area contributed by atoms with Crippen molar-refractivity contribution in [2.45, 2.75) is 39.3 Å². The molecule has 0 atom stereocenters. The number of hydrogen-bond acceptors (Lipinski definition) is 3. The Morgan fingerprint density at radius 1 is 1.14 bits per heavy atom. The predicted molar refractivity (Wildman–Crippen MR) is 86.8 cm³/mol. The largest absolute Gasteiger partial charge is 0.444 e. The molecule has 0 spiro atoms. The van der Waals surface area contributed by atoms with Crippen LogP contribution in [0, 0.1) is 0 Å². The molecule has 1 heterocycles. The first kappa shape index (κ1) is 16.3. The first-order chi connectivity index (χ1) is 9.75. The normalized spacial score (nSPS) is 12.1. The van der Waals surface area contributed by atoms with E-state index in [0.717, 1.165) is 23.8 Å². The molecular weight excluding hydrogens is 307 g/mol. The molecule has 0 aliphatic heterocycles. The number of oxazole rings is 1. The summed E-state index contributed by atoms with van der Waals surface area (Å²) < 4.78 is 5.80. The van der Waals surface area contributed by atoms with Crippen molar-refractivity contribution in [1.29, 1.82) is 0 Å². The van der Waals surface area contributed by atoms with E-state index in [9.17, 15) is 0 Å². The minimum Gasteiger partial charge on any atom is -0.444 e. The van der Waals surface area contributed by atoms with Gasteiger partial charge in [0.15, 0.2) is 0 Å². The van der Waals surface area contributed by atoms with E-state index in [1.165, 1.54) is 0 Å². The molecule has 0 saturated carbocycles. The van der Waals surface area contributed by atoms with Crippen LogP contribution in [0.1, 0.15) is 38.0 Å². The van der Waals surface area contributed by atoms with Gasteiger partial charge in [-0.25, -0.2) is 4.98 Å². The maximum Gasteiger partial charge on any atom is 0.208 e. The molecule has 0 saturated heterocycles. The molecule has 5 heteroatoms. The van der Waals surface area contributed by atoms with Crippen LogP contribution in [0.25, 0.3) is 0 Å². The lowest BCUT2D eigenvalue weighted by atomic mass is 9.94. The third-order valence-electron chi connectivity index (χ3n) is 3.13. The molecule has 0 bridgehead atoms. The van der Waals surface area contributed by atoms with Crippen LogP contribution in [0.15, 0.2) is 28.8 Å². The fourth-order valence-electron chi connectivity index (χ4n) is 1.97. The van der Waals surface area contributed by atoms with Gasteiger partial charge >= 0.3 is 0 Å². The number of rotatable bonds is 4. The molecule has 0 aliphatic rings. The van der Waals surface area contributed by atoms with E-state index in [2.05, 4.69) is 30.7 Å². The minimum atomic E-state index is -0.0203. The molecule has 0 fully saturated rings. The summed E-state index contributed by atoms with van der Waals surface area (Å²) >= 11 is 12.0. The molecule has 2 aromatic rings. The van der Waals surface area contributed by atoms with Crippen molar-refractivity contribution < 1.29 is 4.42 Å². The second-order valence-corrected chi connectivity index (χ2v) is 7.10. The van der Waals surface area contributed by atoms with Crippen LogP contribution in [0.3, 0.4) is 0 Å². The summed E-state index contributed by atoms with van der Waals surface area (Å²) in [7, 11) is 2.02. The highest BCUT2D eigenvalue weighted by Gasteiger charge is 2.19. The van der Waals surface area contributed by atoms with Crippen molar-refractivity contribution in [1.82, 2.24) is 9.88 Å². The Hall–Kier alpha value is -1.03. The van der Waals surface area contributed by atoms with Gasteiger partial charge in [-0.2, -0.15) is 0 Å². The molecule has 0 aliphatic carbocycles. The second kappa shape index (κ2) is 6.39. The summed E-state index contributed by atoms with van der Waals surface area (Å²) in [6.07, 6.45) is 1.81. The van der Waals surface area contributed by atoms with Crippen LogP contribution in [-0.4, -0.2) is 16.9 Å². The number of hydrogen-bond donors (Lipinski definition) is 0. The average molecular weight is 327 g/mol. The van der Waals surface area contributed by atoms with Gasteiger partial charge in [-0.15, -0.1) is 0 Å². The number of benzene rings is 1. The maximum absolute atomic E-state index is 6.03. The van der Waals surface area contributed by atoms with Gasteiger partial charge in [0.05, 0.1) is 22.8 Å². The summed E-state index contributed by atoms with van der Waals surface area (Å²) in [6.45, 7) is 7.73. The lowest BCUT2D eigenvalue weighted by Crippen LogP contribution is -2.17. The first-order valence-electron chi connectivity index (χ1n) is 6.83. The maximum atomic E-state index is 6.03. The second-order valence-electron chi connectivity index (χ2n) is 6.29. The zero-order chi connectivity index (χ0) is 15.6. The summed E-state index contributed by atoms with van der Waals surface area (Å²) in [5.41, 5.74) is 1.09. The Kier molecular flexibility index (Phi) is 4.97. The minimum absolute atomic E-state index is 0.0203. The van der Waals surface area contributed by atoms with Crippen LogP contribution in [0.4, 0.5) is 0 Å². The third kappa shape index (κ3) is 4.47. The van der Waals surface area contributed by atoms with E-state index < -0.39 is 0 Å². The van der Waals surface area contributed by atoms with Crippen LogP contribution < -0.4 is 0 Å². The summed E-state index contributed by atoms with van der Waals surface area (Å²) in [6, 6.07) is 5.67. The number of aromatic nitrogens is 1. The molecule has 114 valence electrons. The van der Waals surface area contributed by atoms with Gasteiger partial charge in [-0.3, -0.25) is 4.90 Å². The zero-order valence-electron chi connectivity index (χ0n) is 12.8. The lowest BCUT2D eigenvalue weighted by molar-refractivity contribution is 0.269. The Morgan fingerprint density at radius 3 is 2.43 bits per heavy atom. The summed E-state index contributed by atoms with van der Waals surface area (Å²) in [4.78, 5) is 6.46. The average Bonchev–Trinajstić information content (AvgIpc) is 2.82. The molecule has 2 rings (SSSR count). The summed E-state index contributed by atoms with van der Waals surface area (Å²) in [5, 5.41) is 1.15. The van der Waals surface area contributed by atoms with Crippen LogP contribution in [-0.2, 0) is 18.5 Å². The van der Waals surface area contributed by atoms with Crippen LogP contribution >= 0.6 is 23.2 Å². The Balaban J connectivity index is 1.99. The Labute approximate surface area is 135 Å². The number of nitrogens with zero attached hydrogens (tertiary/aromatic N) is 2. The Bertz CT molecular complexity index is 617. The third-order valence-corrected chi connectivity index (χ3v) is 3.87. The van der Waals surface area contributed by atoms with Crippen molar-refractivity contribution in [3.63, 3.8) is 0 Å². The first-order valence-corrected chi connectivity index (χ1v) is 7.59. The molecule has 1 aromatic heterocycles. The van der Waals surface area contributed by atoms with Gasteiger partial charge in [0.1, 0.15) is 5.76 Å². The monoisotopic (exact) mass is 326 g/mol. The predicted octanol–water partition coefficient (Wildman–Crippen LogP) is 4.91. The van der Waals surface area contributed by atoms with Crippen molar-refractivity contribution in [2.24, 2.45) is 0 Å². The van der Waals surface area contributed by atoms with E-state index in [0.29, 0.717) is 16.6 Å². The fourth-order valence-corrected chi connectivity index (χ4v) is 2.29. The molecule has 0 unspecified atom stereocenters. The lowest BCUT2D eigenvalue weighted by Gasteiger charge is -2.16. The number of halogens is 2. The highest BCUT2D eigenvalue weighted by atomic mass is 35.5. The molecule has 21 heavy (non-hydrogen) atoms. The van der Waals surface area contributed by atoms with Gasteiger partial charge in [0.25, 0.3) is 0 Å². The van der Waals surface area contributed by atoms with E-state index in [4.69, 9.17) is 27.6 Å². The highest BCUT2D eigenvalue weighted by molar-refractivity contribution is 6.42. The van der Waals surface area contributed by atoms with Gasteiger partial charge in [-0.1, -0.05) is 50.0 Å². The standard InChI is InChI=1S/C16H20Cl2N2O/c1-16(2,3)14-8-19-15(21-14)10-20(4)9-11-5-6-12(17)13(18)7-11/h5-8H,9-10H2,1-4H3. The SMILES string of the molecule is CN(Cc1ccc(Cl)c(Cl)c1)Cc1ncc(C(C)(C)C)o1. The van der Waals surface area contributed by atoms with Crippen molar-refractivity contribution in [3.8, 4) is 0 Å². The van der Waals surface area contributed by atoms with E-state index >= 15 is 0 Å². The topological polar surface area (TPSA) is 29.3 Å². The molecule has 1 aromatic carbocycles. The van der Waals surface area contributed by atoms with Crippen molar-refractivity contribution in [3.05, 3.63) is 51.7 Å². The smallest absolute Gasteiger partial charge is 0.208 e. The highest BCUT2D eigenvalue weighted by Crippen LogP contribution is 2.24. The molecule has 0 amide bonds. The van der Waals surface area contributed by atoms with E-state index in [1.807, 2.05) is 31.4 Å². The van der Waals surface area contributed by atoms with Gasteiger partial charge in [-0.05, 0) is 24.7 Å². The Morgan fingerprint density at radius 2 is 1.86 bits per heavy atom. The van der Waals surface area contributed by atoms with E-state index in [-0.39, 0.29) is 5.41 Å². The quantitative estimate of drug-likeness (QED) is 0.799. The van der Waals surface area contributed by atoms with Crippen molar-refractivity contribution in [2.75, 3.05) is 7.05 Å². The van der Waals surface area contributed by atoms with Crippen LogP contribution in [0.5, 0.6) is 0 Å². The van der Waals surface area contributed by atoms with Crippen LogP contribution in [0.2, 0.25) is 10.0 Å². The zero-order valence-corrected chi connectivity index (χ0v) is 14.3. The summed E-state index contributed by atoms with van der Waals surface area (Å²) in [5.74, 6) is 1.63. The van der Waals surface area contributed by atoms with E-state index in [1.54, 1.807) is 0 Å². The van der Waals surface area contributed by atoms with Gasteiger partial charge in [0.2, 0.25) is 5.89 Å². The molecule has 0 N–H and O–H groups in total. The molecular formula is C16H20Cl2N2O. The van der Waals surface area contributed by atoms with Crippen molar-refractivity contribution >= 4 is 23.2 Å².